The van der Waals surface area contributed by atoms with Crippen molar-refractivity contribution in [1.29, 1.82) is 0 Å². The molecule has 7 heteroatoms. The van der Waals surface area contributed by atoms with Gasteiger partial charge in [-0.3, -0.25) is 14.6 Å². The fourth-order valence-corrected chi connectivity index (χ4v) is 3.95. The largest absolute Gasteiger partial charge is 0.342 e. The van der Waals surface area contributed by atoms with E-state index < -0.39 is 5.54 Å². The van der Waals surface area contributed by atoms with Gasteiger partial charge in [-0.05, 0) is 67.3 Å². The lowest BCUT2D eigenvalue weighted by molar-refractivity contribution is -0.118. The number of hydrogen-bond acceptors (Lipinski definition) is 4. The van der Waals surface area contributed by atoms with Crippen LogP contribution in [0.1, 0.15) is 41.9 Å². The third kappa shape index (κ3) is 4.16. The van der Waals surface area contributed by atoms with E-state index in [1.54, 1.807) is 36.5 Å². The summed E-state index contributed by atoms with van der Waals surface area (Å²) >= 11 is 6.12. The molecule has 3 heterocycles. The van der Waals surface area contributed by atoms with E-state index in [0.29, 0.717) is 11.4 Å². The summed E-state index contributed by atoms with van der Waals surface area (Å²) in [7, 11) is 1.81. The van der Waals surface area contributed by atoms with Crippen LogP contribution in [-0.4, -0.2) is 28.8 Å². The number of rotatable bonds is 4. The van der Waals surface area contributed by atoms with Crippen molar-refractivity contribution >= 4 is 29.1 Å². The second-order valence-corrected chi connectivity index (χ2v) is 8.58. The van der Waals surface area contributed by atoms with Gasteiger partial charge < -0.3 is 10.2 Å². The van der Waals surface area contributed by atoms with Crippen LogP contribution >= 0.6 is 11.6 Å². The summed E-state index contributed by atoms with van der Waals surface area (Å²) in [6.07, 6.45) is 6.33. The first-order chi connectivity index (χ1) is 14.8. The Morgan fingerprint density at radius 3 is 2.71 bits per heavy atom. The van der Waals surface area contributed by atoms with Crippen molar-refractivity contribution in [2.24, 2.45) is 0 Å². The van der Waals surface area contributed by atoms with Crippen LogP contribution in [0.25, 0.3) is 11.1 Å². The predicted octanol–water partition coefficient (Wildman–Crippen LogP) is 4.37. The lowest BCUT2D eigenvalue weighted by atomic mass is 9.92. The average molecular weight is 435 g/mol. The topological polar surface area (TPSA) is 75.2 Å². The Morgan fingerprint density at radius 1 is 1.13 bits per heavy atom. The molecule has 2 amide bonds. The van der Waals surface area contributed by atoms with Crippen LogP contribution in [0.15, 0.2) is 55.0 Å². The van der Waals surface area contributed by atoms with Gasteiger partial charge in [0, 0.05) is 43.3 Å². The highest BCUT2D eigenvalue weighted by Gasteiger charge is 2.26. The van der Waals surface area contributed by atoms with Gasteiger partial charge in [0.25, 0.3) is 5.91 Å². The van der Waals surface area contributed by atoms with Gasteiger partial charge in [-0.25, -0.2) is 4.98 Å². The third-order valence-electron chi connectivity index (χ3n) is 5.62. The van der Waals surface area contributed by atoms with Crippen LogP contribution in [0, 0.1) is 0 Å². The molecule has 4 rings (SSSR count). The number of carbonyl (C=O) groups excluding carboxylic acids is 2. The summed E-state index contributed by atoms with van der Waals surface area (Å²) < 4.78 is 0. The van der Waals surface area contributed by atoms with Crippen LogP contribution in [0.3, 0.4) is 0 Å². The second-order valence-electron chi connectivity index (χ2n) is 8.17. The van der Waals surface area contributed by atoms with Crippen molar-refractivity contribution in [3.8, 4) is 11.1 Å². The van der Waals surface area contributed by atoms with Gasteiger partial charge >= 0.3 is 0 Å². The maximum atomic E-state index is 12.7. The zero-order chi connectivity index (χ0) is 22.2. The van der Waals surface area contributed by atoms with E-state index >= 15 is 0 Å². The molecule has 1 aromatic carbocycles. The van der Waals surface area contributed by atoms with Gasteiger partial charge in [-0.1, -0.05) is 17.7 Å². The van der Waals surface area contributed by atoms with E-state index in [1.165, 1.54) is 6.20 Å². The molecule has 0 atom stereocenters. The molecule has 1 N–H and O–H groups in total. The molecule has 0 unspecified atom stereocenters. The van der Waals surface area contributed by atoms with E-state index in [4.69, 9.17) is 11.6 Å². The van der Waals surface area contributed by atoms with Crippen molar-refractivity contribution in [2.45, 2.75) is 32.2 Å². The molecule has 3 aromatic rings. The molecular formula is C24H23ClN4O2. The Kier molecular flexibility index (Phi) is 5.50. The Hall–Kier alpha value is -3.25. The number of nitrogens with zero attached hydrogens (tertiary/aromatic N) is 3. The number of halogens is 1. The monoisotopic (exact) mass is 434 g/mol. The molecule has 0 saturated heterocycles. The molecule has 0 saturated carbocycles. The molecule has 0 bridgehead atoms. The lowest BCUT2D eigenvalue weighted by Crippen LogP contribution is -2.41. The molecule has 158 valence electrons. The number of nitrogens with one attached hydrogen (secondary N) is 1. The van der Waals surface area contributed by atoms with Crippen LogP contribution in [0.5, 0.6) is 0 Å². The summed E-state index contributed by atoms with van der Waals surface area (Å²) in [5.41, 5.74) is 4.40. The average Bonchev–Trinajstić information content (AvgIpc) is 2.76. The number of aromatic nitrogens is 2. The number of carbonyl (C=O) groups is 2. The second kappa shape index (κ2) is 8.12. The zero-order valence-corrected chi connectivity index (χ0v) is 18.4. The first-order valence-corrected chi connectivity index (χ1v) is 10.4. The summed E-state index contributed by atoms with van der Waals surface area (Å²) in [5, 5.41) is 3.30. The Bertz CT molecular complexity index is 1180. The highest BCUT2D eigenvalue weighted by atomic mass is 35.5. The van der Waals surface area contributed by atoms with Crippen LogP contribution < -0.4 is 10.2 Å². The molecule has 31 heavy (non-hydrogen) atoms. The minimum atomic E-state index is -0.693. The van der Waals surface area contributed by atoms with E-state index in [-0.39, 0.29) is 17.5 Å². The molecule has 0 spiro atoms. The van der Waals surface area contributed by atoms with E-state index in [0.717, 1.165) is 34.4 Å². The van der Waals surface area contributed by atoms with E-state index in [9.17, 15) is 9.59 Å². The predicted molar refractivity (Wildman–Crippen MR) is 121 cm³/mol. The number of benzene rings is 1. The molecule has 0 aliphatic carbocycles. The Morgan fingerprint density at radius 2 is 1.94 bits per heavy atom. The van der Waals surface area contributed by atoms with Crippen molar-refractivity contribution < 1.29 is 9.59 Å². The number of anilines is 1. The summed E-state index contributed by atoms with van der Waals surface area (Å²) in [6.45, 7) is 3.83. The van der Waals surface area contributed by atoms with Crippen molar-refractivity contribution in [3.05, 3.63) is 76.8 Å². The lowest BCUT2D eigenvalue weighted by Gasteiger charge is -2.27. The van der Waals surface area contributed by atoms with Gasteiger partial charge in [-0.15, -0.1) is 0 Å². The molecule has 1 aliphatic rings. The molecular weight excluding hydrogens is 412 g/mol. The summed E-state index contributed by atoms with van der Waals surface area (Å²) in [5.74, 6) is -0.211. The van der Waals surface area contributed by atoms with Crippen molar-refractivity contribution in [2.75, 3.05) is 11.9 Å². The molecule has 1 aliphatic heterocycles. The third-order valence-corrected chi connectivity index (χ3v) is 5.92. The van der Waals surface area contributed by atoms with Crippen molar-refractivity contribution in [3.63, 3.8) is 0 Å². The molecule has 0 radical (unpaired) electrons. The van der Waals surface area contributed by atoms with Gasteiger partial charge in [0.1, 0.15) is 5.69 Å². The molecule has 0 fully saturated rings. The first-order valence-electron chi connectivity index (χ1n) is 10.0. The van der Waals surface area contributed by atoms with E-state index in [1.807, 2.05) is 32.0 Å². The smallest absolute Gasteiger partial charge is 0.272 e. The summed E-state index contributed by atoms with van der Waals surface area (Å²) in [6, 6.07) is 11.4. The minimum Gasteiger partial charge on any atom is -0.342 e. The fraction of sp³-hybridized carbons (Fsp3) is 0.250. The number of aryl methyl sites for hydroxylation is 1. The highest BCUT2D eigenvalue weighted by molar-refractivity contribution is 6.33. The number of pyridine rings is 2. The number of amides is 2. The zero-order valence-electron chi connectivity index (χ0n) is 17.6. The highest BCUT2D eigenvalue weighted by Crippen LogP contribution is 2.32. The van der Waals surface area contributed by atoms with E-state index in [2.05, 4.69) is 21.4 Å². The standard InChI is InChI=1S/C24H23ClN4O2/c1-24(2,28-23(31)22-19(25)5-4-10-27-22)18-12-17(13-26-14-18)15-6-8-20-16(11-15)7-9-21(30)29(20)3/h4-6,8,10-14H,7,9H2,1-3H3,(H,28,31). The first kappa shape index (κ1) is 21.0. The van der Waals surface area contributed by atoms with Crippen LogP contribution in [0.2, 0.25) is 5.02 Å². The van der Waals surface area contributed by atoms with Gasteiger partial charge in [0.2, 0.25) is 5.91 Å². The summed E-state index contributed by atoms with van der Waals surface area (Å²) in [4.78, 5) is 34.9. The van der Waals surface area contributed by atoms with Crippen LogP contribution in [-0.2, 0) is 16.8 Å². The molecule has 2 aromatic heterocycles. The fourth-order valence-electron chi connectivity index (χ4n) is 3.74. The Labute approximate surface area is 186 Å². The molecule has 6 nitrogen and oxygen atoms in total. The van der Waals surface area contributed by atoms with Gasteiger partial charge in [0.15, 0.2) is 0 Å². The normalized spacial score (nSPS) is 13.7. The quantitative estimate of drug-likeness (QED) is 0.661. The SMILES string of the molecule is CN1C(=O)CCc2cc(-c3cncc(C(C)(C)NC(=O)c4ncccc4Cl)c3)ccc21. The van der Waals surface area contributed by atoms with Crippen LogP contribution in [0.4, 0.5) is 5.69 Å². The van der Waals surface area contributed by atoms with Gasteiger partial charge in [0.05, 0.1) is 10.6 Å². The Balaban J connectivity index is 1.61. The van der Waals surface area contributed by atoms with Crippen molar-refractivity contribution in [1.82, 2.24) is 15.3 Å². The minimum absolute atomic E-state index is 0.134. The number of hydrogen-bond donors (Lipinski definition) is 1. The maximum Gasteiger partial charge on any atom is 0.272 e. The van der Waals surface area contributed by atoms with Gasteiger partial charge in [-0.2, -0.15) is 0 Å². The maximum absolute atomic E-state index is 12.7. The number of fused-ring (bicyclic) bond motifs is 1.